The summed E-state index contributed by atoms with van der Waals surface area (Å²) in [6.45, 7) is 11.0. The van der Waals surface area contributed by atoms with Gasteiger partial charge in [0.15, 0.2) is 0 Å². The van der Waals surface area contributed by atoms with Gasteiger partial charge in [-0.2, -0.15) is 0 Å². The van der Waals surface area contributed by atoms with E-state index in [1.807, 2.05) is 0 Å². The highest BCUT2D eigenvalue weighted by atomic mass is 14.5. The molecule has 1 atom stereocenters. The van der Waals surface area contributed by atoms with Crippen LogP contribution in [-0.2, 0) is 0 Å². The van der Waals surface area contributed by atoms with Gasteiger partial charge < -0.3 is 0 Å². The van der Waals surface area contributed by atoms with E-state index in [-0.39, 0.29) is 10.8 Å². The molecule has 0 aromatic rings. The number of allylic oxidation sites excluding steroid dienone is 2. The molecular weight excluding hydrogens is 144 g/mol. The number of hydrogen-bond acceptors (Lipinski definition) is 0. The lowest BCUT2D eigenvalue weighted by atomic mass is 9.73. The van der Waals surface area contributed by atoms with Crippen molar-refractivity contribution in [1.82, 2.24) is 0 Å². The van der Waals surface area contributed by atoms with Crippen molar-refractivity contribution in [1.29, 1.82) is 0 Å². The third kappa shape index (κ3) is 1.08. The molecule has 0 aromatic heterocycles. The highest BCUT2D eigenvalue weighted by Gasteiger charge is 2.52. The standard InChI is InChI=1S/C12H18/c1-7-12(11(4,5)6)8-10(12)9(2)3/h1,8-9H,2-6H3. The quantitative estimate of drug-likeness (QED) is 0.410. The van der Waals surface area contributed by atoms with Crippen molar-refractivity contribution < 1.29 is 0 Å². The van der Waals surface area contributed by atoms with Crippen molar-refractivity contribution in [2.24, 2.45) is 16.7 Å². The Morgan fingerprint density at radius 2 is 1.92 bits per heavy atom. The second-order valence-electron chi connectivity index (χ2n) is 4.96. The first-order valence-corrected chi connectivity index (χ1v) is 4.56. The molecule has 0 spiro atoms. The van der Waals surface area contributed by atoms with E-state index in [1.54, 1.807) is 0 Å². The molecule has 0 radical (unpaired) electrons. The lowest BCUT2D eigenvalue weighted by molar-refractivity contribution is 0.293. The summed E-state index contributed by atoms with van der Waals surface area (Å²) in [5.74, 6) is 3.53. The zero-order valence-corrected chi connectivity index (χ0v) is 8.73. The van der Waals surface area contributed by atoms with E-state index in [0.29, 0.717) is 5.92 Å². The van der Waals surface area contributed by atoms with Crippen molar-refractivity contribution in [2.45, 2.75) is 34.6 Å². The summed E-state index contributed by atoms with van der Waals surface area (Å²) in [4.78, 5) is 0. The Balaban J connectivity index is 2.85. The minimum absolute atomic E-state index is 0.0127. The molecule has 0 saturated carbocycles. The Morgan fingerprint density at radius 1 is 1.42 bits per heavy atom. The van der Waals surface area contributed by atoms with E-state index in [1.165, 1.54) is 5.57 Å². The largest absolute Gasteiger partial charge is 0.119 e. The van der Waals surface area contributed by atoms with Gasteiger partial charge >= 0.3 is 0 Å². The topological polar surface area (TPSA) is 0 Å². The first kappa shape index (κ1) is 9.39. The maximum absolute atomic E-state index is 5.58. The van der Waals surface area contributed by atoms with Gasteiger partial charge in [-0.25, -0.2) is 0 Å². The molecule has 0 fully saturated rings. The highest BCUT2D eigenvalue weighted by Crippen LogP contribution is 2.58. The molecule has 1 aliphatic rings. The van der Waals surface area contributed by atoms with Crippen molar-refractivity contribution >= 4 is 0 Å². The van der Waals surface area contributed by atoms with Gasteiger partial charge in [0.2, 0.25) is 0 Å². The smallest absolute Gasteiger partial charge is 0.0754 e. The molecule has 0 heterocycles. The third-order valence-electron chi connectivity index (χ3n) is 2.78. The summed E-state index contributed by atoms with van der Waals surface area (Å²) in [5.41, 5.74) is 1.61. The molecule has 0 aromatic carbocycles. The van der Waals surface area contributed by atoms with Crippen LogP contribution >= 0.6 is 0 Å². The monoisotopic (exact) mass is 162 g/mol. The molecule has 0 nitrogen and oxygen atoms in total. The summed E-state index contributed by atoms with van der Waals surface area (Å²) in [7, 11) is 0. The van der Waals surface area contributed by atoms with E-state index in [4.69, 9.17) is 6.42 Å². The fourth-order valence-electron chi connectivity index (χ4n) is 1.81. The van der Waals surface area contributed by atoms with Gasteiger partial charge in [-0.15, -0.1) is 6.42 Å². The van der Waals surface area contributed by atoms with Gasteiger partial charge in [-0.1, -0.05) is 46.6 Å². The van der Waals surface area contributed by atoms with E-state index in [2.05, 4.69) is 46.6 Å². The Kier molecular flexibility index (Phi) is 1.87. The maximum atomic E-state index is 5.58. The molecule has 0 heteroatoms. The fraction of sp³-hybridized carbons (Fsp3) is 0.667. The van der Waals surface area contributed by atoms with Crippen molar-refractivity contribution in [2.75, 3.05) is 0 Å². The summed E-state index contributed by atoms with van der Waals surface area (Å²) in [5, 5.41) is 0. The molecule has 1 unspecified atom stereocenters. The molecule has 0 amide bonds. The van der Waals surface area contributed by atoms with Crippen LogP contribution < -0.4 is 0 Å². The van der Waals surface area contributed by atoms with Gasteiger partial charge in [-0.05, 0) is 16.9 Å². The lowest BCUT2D eigenvalue weighted by Gasteiger charge is -2.29. The van der Waals surface area contributed by atoms with Crippen LogP contribution in [0.25, 0.3) is 0 Å². The average molecular weight is 162 g/mol. The zero-order chi connectivity index (χ0) is 9.57. The maximum Gasteiger partial charge on any atom is 0.0754 e. The number of terminal acetylenes is 1. The van der Waals surface area contributed by atoms with E-state index in [0.717, 1.165) is 0 Å². The Hall–Kier alpha value is -0.700. The Bertz CT molecular complexity index is 255. The molecule has 0 saturated heterocycles. The van der Waals surface area contributed by atoms with Gasteiger partial charge in [0, 0.05) is 0 Å². The van der Waals surface area contributed by atoms with Crippen molar-refractivity contribution in [3.63, 3.8) is 0 Å². The van der Waals surface area contributed by atoms with E-state index < -0.39 is 0 Å². The van der Waals surface area contributed by atoms with E-state index in [9.17, 15) is 0 Å². The average Bonchev–Trinajstić information content (AvgIpc) is 2.59. The predicted octanol–water partition coefficient (Wildman–Crippen LogP) is 3.25. The van der Waals surface area contributed by atoms with E-state index >= 15 is 0 Å². The van der Waals surface area contributed by atoms with Crippen LogP contribution in [0.4, 0.5) is 0 Å². The van der Waals surface area contributed by atoms with Crippen LogP contribution in [0.2, 0.25) is 0 Å². The van der Waals surface area contributed by atoms with Crippen molar-refractivity contribution in [3.8, 4) is 12.3 Å². The second-order valence-corrected chi connectivity index (χ2v) is 4.96. The van der Waals surface area contributed by atoms with Gasteiger partial charge in [0.1, 0.15) is 0 Å². The summed E-state index contributed by atoms with van der Waals surface area (Å²) in [6.07, 6.45) is 7.83. The van der Waals surface area contributed by atoms with Crippen LogP contribution in [0.1, 0.15) is 34.6 Å². The normalized spacial score (nSPS) is 28.2. The summed E-state index contributed by atoms with van der Waals surface area (Å²) >= 11 is 0. The minimum Gasteiger partial charge on any atom is -0.119 e. The molecule has 1 rings (SSSR count). The van der Waals surface area contributed by atoms with Crippen LogP contribution in [-0.4, -0.2) is 0 Å². The predicted molar refractivity (Wildman–Crippen MR) is 53.6 cm³/mol. The molecule has 0 bridgehead atoms. The lowest BCUT2D eigenvalue weighted by Crippen LogP contribution is -2.24. The fourth-order valence-corrected chi connectivity index (χ4v) is 1.81. The number of hydrogen-bond donors (Lipinski definition) is 0. The SMILES string of the molecule is C#CC1(C(C)(C)C)C=C1C(C)C. The Morgan fingerprint density at radius 3 is 2.00 bits per heavy atom. The first-order valence-electron chi connectivity index (χ1n) is 4.56. The van der Waals surface area contributed by atoms with Crippen LogP contribution in [0.5, 0.6) is 0 Å². The van der Waals surface area contributed by atoms with Gasteiger partial charge in [0.25, 0.3) is 0 Å². The molecule has 0 aliphatic heterocycles. The third-order valence-corrected chi connectivity index (χ3v) is 2.78. The first-order chi connectivity index (χ1) is 5.35. The highest BCUT2D eigenvalue weighted by molar-refractivity contribution is 5.51. The van der Waals surface area contributed by atoms with Crippen LogP contribution in [0.3, 0.4) is 0 Å². The minimum atomic E-state index is -0.0127. The van der Waals surface area contributed by atoms with Gasteiger partial charge in [0.05, 0.1) is 5.41 Å². The molecule has 12 heavy (non-hydrogen) atoms. The zero-order valence-electron chi connectivity index (χ0n) is 8.73. The van der Waals surface area contributed by atoms with Crippen LogP contribution in [0.15, 0.2) is 11.6 Å². The Labute approximate surface area is 76.1 Å². The molecule has 1 aliphatic carbocycles. The van der Waals surface area contributed by atoms with Crippen molar-refractivity contribution in [3.05, 3.63) is 11.6 Å². The number of rotatable bonds is 1. The molecule has 66 valence electrons. The second kappa shape index (κ2) is 2.39. The van der Waals surface area contributed by atoms with Crippen LogP contribution in [0, 0.1) is 29.1 Å². The summed E-state index contributed by atoms with van der Waals surface area (Å²) < 4.78 is 0. The molecular formula is C12H18. The summed E-state index contributed by atoms with van der Waals surface area (Å²) in [6, 6.07) is 0. The molecule has 0 N–H and O–H groups in total. The van der Waals surface area contributed by atoms with Gasteiger partial charge in [-0.3, -0.25) is 0 Å².